The van der Waals surface area contributed by atoms with Gasteiger partial charge in [-0.05, 0) is 40.2 Å². The van der Waals surface area contributed by atoms with Crippen LogP contribution in [-0.2, 0) is 11.3 Å². The number of ether oxygens (including phenoxy) is 1. The molecule has 0 aliphatic rings. The summed E-state index contributed by atoms with van der Waals surface area (Å²) in [5.41, 5.74) is 5.50. The number of carbonyl (C=O) groups excluding carboxylic acids is 1. The smallest absolute Gasteiger partial charge is 0.339 e. The van der Waals surface area contributed by atoms with Gasteiger partial charge in [0, 0.05) is 9.35 Å². The second-order valence-electron chi connectivity index (χ2n) is 3.64. The van der Waals surface area contributed by atoms with Gasteiger partial charge in [-0.3, -0.25) is 0 Å². The summed E-state index contributed by atoms with van der Waals surface area (Å²) in [6.45, 7) is 0.111. The molecule has 2 N–H and O–H groups in total. The molecular weight excluding hydrogens is 357 g/mol. The predicted molar refractivity (Wildman–Crippen MR) is 77.0 cm³/mol. The minimum Gasteiger partial charge on any atom is -0.456 e. The molecular formula is C12H8BrClFNO2S. The first kappa shape index (κ1) is 14.3. The fourth-order valence-electron chi connectivity index (χ4n) is 1.37. The lowest BCUT2D eigenvalue weighted by Crippen LogP contribution is -2.07. The molecule has 0 spiro atoms. The summed E-state index contributed by atoms with van der Waals surface area (Å²) in [5, 5.41) is 0. The van der Waals surface area contributed by atoms with Crippen LogP contribution in [-0.4, -0.2) is 5.97 Å². The fourth-order valence-corrected chi connectivity index (χ4v) is 2.84. The number of nitrogen functional groups attached to an aromatic ring is 1. The summed E-state index contributed by atoms with van der Waals surface area (Å²) in [5.74, 6) is -1.17. The highest BCUT2D eigenvalue weighted by molar-refractivity contribution is 9.10. The number of anilines is 1. The zero-order valence-corrected chi connectivity index (χ0v) is 12.6. The molecule has 1 aromatic heterocycles. The summed E-state index contributed by atoms with van der Waals surface area (Å²) in [6, 6.07) is 5.87. The average Bonchev–Trinajstić information content (AvgIpc) is 2.77. The van der Waals surface area contributed by atoms with Crippen LogP contribution in [0.25, 0.3) is 0 Å². The molecule has 1 heterocycles. The third-order valence-electron chi connectivity index (χ3n) is 2.28. The summed E-state index contributed by atoms with van der Waals surface area (Å²) in [6.07, 6.45) is 0. The standard InChI is InChI=1S/C12H8BrClFNO2S/c13-8-4-9(15)10(16)3-7(8)12(17)18-5-6-1-2-11(14)19-6/h1-4H,5,16H2. The average molecular weight is 365 g/mol. The topological polar surface area (TPSA) is 52.3 Å². The molecule has 0 amide bonds. The Labute approximate surface area is 126 Å². The van der Waals surface area contributed by atoms with Crippen LogP contribution in [0.4, 0.5) is 10.1 Å². The number of halogens is 3. The van der Waals surface area contributed by atoms with Gasteiger partial charge in [-0.1, -0.05) is 11.6 Å². The molecule has 7 heteroatoms. The highest BCUT2D eigenvalue weighted by atomic mass is 79.9. The van der Waals surface area contributed by atoms with E-state index >= 15 is 0 Å². The minimum atomic E-state index is -0.589. The molecule has 19 heavy (non-hydrogen) atoms. The molecule has 0 bridgehead atoms. The first-order chi connectivity index (χ1) is 8.97. The van der Waals surface area contributed by atoms with Crippen molar-refractivity contribution >= 4 is 50.5 Å². The number of rotatable bonds is 3. The molecule has 100 valence electrons. The van der Waals surface area contributed by atoms with E-state index in [1.165, 1.54) is 17.4 Å². The summed E-state index contributed by atoms with van der Waals surface area (Å²) < 4.78 is 19.2. The first-order valence-corrected chi connectivity index (χ1v) is 7.12. The van der Waals surface area contributed by atoms with Crippen LogP contribution in [0.1, 0.15) is 15.2 Å². The summed E-state index contributed by atoms with van der Waals surface area (Å²) >= 11 is 10.2. The minimum absolute atomic E-state index is 0.102. The van der Waals surface area contributed by atoms with Crippen molar-refractivity contribution in [2.24, 2.45) is 0 Å². The highest BCUT2D eigenvalue weighted by Crippen LogP contribution is 2.25. The zero-order valence-electron chi connectivity index (χ0n) is 9.45. The SMILES string of the molecule is Nc1cc(C(=O)OCc2ccc(Cl)s2)c(Br)cc1F. The van der Waals surface area contributed by atoms with E-state index in [1.807, 2.05) is 0 Å². The normalized spacial score (nSPS) is 10.5. The Morgan fingerprint density at radius 1 is 1.47 bits per heavy atom. The van der Waals surface area contributed by atoms with Crippen molar-refractivity contribution in [2.75, 3.05) is 5.73 Å². The van der Waals surface area contributed by atoms with Crippen molar-refractivity contribution in [3.05, 3.63) is 49.3 Å². The Morgan fingerprint density at radius 3 is 2.84 bits per heavy atom. The molecule has 3 nitrogen and oxygen atoms in total. The lowest BCUT2D eigenvalue weighted by molar-refractivity contribution is 0.0475. The van der Waals surface area contributed by atoms with Gasteiger partial charge in [0.2, 0.25) is 0 Å². The third kappa shape index (κ3) is 3.46. The van der Waals surface area contributed by atoms with Gasteiger partial charge in [-0.15, -0.1) is 11.3 Å². The molecule has 0 fully saturated rings. The van der Waals surface area contributed by atoms with E-state index in [4.69, 9.17) is 22.1 Å². The third-order valence-corrected chi connectivity index (χ3v) is 4.14. The van der Waals surface area contributed by atoms with E-state index in [1.54, 1.807) is 12.1 Å². The summed E-state index contributed by atoms with van der Waals surface area (Å²) in [4.78, 5) is 12.7. The second-order valence-corrected chi connectivity index (χ2v) is 6.29. The van der Waals surface area contributed by atoms with Crippen LogP contribution >= 0.6 is 38.9 Å². The summed E-state index contributed by atoms with van der Waals surface area (Å²) in [7, 11) is 0. The van der Waals surface area contributed by atoms with E-state index in [0.29, 0.717) is 8.81 Å². The number of hydrogen-bond acceptors (Lipinski definition) is 4. The Kier molecular flexibility index (Phi) is 4.44. The molecule has 2 rings (SSSR count). The second kappa shape index (κ2) is 5.90. The number of nitrogens with two attached hydrogens (primary N) is 1. The first-order valence-electron chi connectivity index (χ1n) is 5.13. The van der Waals surface area contributed by atoms with Gasteiger partial charge in [0.1, 0.15) is 12.4 Å². The largest absolute Gasteiger partial charge is 0.456 e. The maximum Gasteiger partial charge on any atom is 0.339 e. The highest BCUT2D eigenvalue weighted by Gasteiger charge is 2.15. The zero-order chi connectivity index (χ0) is 14.0. The molecule has 0 saturated carbocycles. The Bertz CT molecular complexity index is 632. The van der Waals surface area contributed by atoms with Crippen molar-refractivity contribution in [1.82, 2.24) is 0 Å². The van der Waals surface area contributed by atoms with Gasteiger partial charge in [-0.25, -0.2) is 9.18 Å². The van der Waals surface area contributed by atoms with Crippen molar-refractivity contribution in [3.63, 3.8) is 0 Å². The van der Waals surface area contributed by atoms with Crippen LogP contribution in [0.15, 0.2) is 28.7 Å². The maximum atomic E-state index is 13.2. The van der Waals surface area contributed by atoms with Gasteiger partial charge >= 0.3 is 5.97 Å². The Hall–Kier alpha value is -1.11. The number of thiophene rings is 1. The predicted octanol–water partition coefficient (Wildman–Crippen LogP) is 4.24. The van der Waals surface area contributed by atoms with Gasteiger partial charge in [0.05, 0.1) is 15.6 Å². The Balaban J connectivity index is 2.10. The van der Waals surface area contributed by atoms with Crippen molar-refractivity contribution in [3.8, 4) is 0 Å². The Morgan fingerprint density at radius 2 is 2.21 bits per heavy atom. The van der Waals surface area contributed by atoms with Gasteiger partial charge in [-0.2, -0.15) is 0 Å². The molecule has 0 radical (unpaired) electrons. The number of carbonyl (C=O) groups is 1. The lowest BCUT2D eigenvalue weighted by atomic mass is 10.2. The lowest BCUT2D eigenvalue weighted by Gasteiger charge is -2.07. The fraction of sp³-hybridized carbons (Fsp3) is 0.0833. The van der Waals surface area contributed by atoms with Crippen LogP contribution in [0.5, 0.6) is 0 Å². The van der Waals surface area contributed by atoms with E-state index in [0.717, 1.165) is 10.9 Å². The molecule has 2 aromatic rings. The van der Waals surface area contributed by atoms with Crippen molar-refractivity contribution in [2.45, 2.75) is 6.61 Å². The van der Waals surface area contributed by atoms with E-state index in [9.17, 15) is 9.18 Å². The molecule has 0 saturated heterocycles. The van der Waals surface area contributed by atoms with Crippen molar-refractivity contribution < 1.29 is 13.9 Å². The molecule has 0 atom stereocenters. The van der Waals surface area contributed by atoms with Crippen LogP contribution in [0, 0.1) is 5.82 Å². The number of esters is 1. The van der Waals surface area contributed by atoms with E-state index in [-0.39, 0.29) is 17.9 Å². The number of benzene rings is 1. The molecule has 0 unspecified atom stereocenters. The van der Waals surface area contributed by atoms with E-state index in [2.05, 4.69) is 15.9 Å². The molecule has 0 aliphatic heterocycles. The van der Waals surface area contributed by atoms with Gasteiger partial charge in [0.15, 0.2) is 0 Å². The molecule has 1 aromatic carbocycles. The quantitative estimate of drug-likeness (QED) is 0.654. The monoisotopic (exact) mass is 363 g/mol. The van der Waals surface area contributed by atoms with Gasteiger partial charge < -0.3 is 10.5 Å². The van der Waals surface area contributed by atoms with Crippen molar-refractivity contribution in [1.29, 1.82) is 0 Å². The van der Waals surface area contributed by atoms with Crippen LogP contribution in [0.3, 0.4) is 0 Å². The van der Waals surface area contributed by atoms with Crippen LogP contribution in [0.2, 0.25) is 4.34 Å². The molecule has 0 aliphatic carbocycles. The maximum absolute atomic E-state index is 13.2. The van der Waals surface area contributed by atoms with Gasteiger partial charge in [0.25, 0.3) is 0 Å². The number of hydrogen-bond donors (Lipinski definition) is 1. The van der Waals surface area contributed by atoms with E-state index < -0.39 is 11.8 Å². The van der Waals surface area contributed by atoms with Crippen LogP contribution < -0.4 is 5.73 Å².